The van der Waals surface area contributed by atoms with Crippen LogP contribution >= 0.6 is 0 Å². The summed E-state index contributed by atoms with van der Waals surface area (Å²) in [5.41, 5.74) is 0.749. The number of carbonyl (C=O) groups excluding carboxylic acids is 3. The number of H-pyrrole nitrogens is 1. The summed E-state index contributed by atoms with van der Waals surface area (Å²) in [4.78, 5) is 64.4. The first-order valence-corrected chi connectivity index (χ1v) is 13.1. The molecule has 1 atom stereocenters. The van der Waals surface area contributed by atoms with Crippen molar-refractivity contribution in [3.05, 3.63) is 64.4 Å². The number of amides is 3. The van der Waals surface area contributed by atoms with E-state index in [1.165, 1.54) is 46.8 Å². The maximum atomic E-state index is 14.4. The molecule has 0 unspecified atom stereocenters. The maximum Gasteiger partial charge on any atom is 0.410 e. The van der Waals surface area contributed by atoms with Crippen LogP contribution in [0.4, 0.5) is 14.9 Å². The average molecular weight is 570 g/mol. The molecule has 3 rings (SSSR count). The number of nitrogens with zero attached hydrogens (tertiary/aromatic N) is 5. The van der Waals surface area contributed by atoms with Crippen LogP contribution in [0.15, 0.2) is 41.5 Å². The minimum atomic E-state index is -1.22. The van der Waals surface area contributed by atoms with Crippen molar-refractivity contribution in [3.63, 3.8) is 0 Å². The van der Waals surface area contributed by atoms with Gasteiger partial charge in [-0.25, -0.2) is 14.2 Å². The molecule has 0 saturated heterocycles. The molecule has 3 heterocycles. The lowest BCUT2D eigenvalue weighted by molar-refractivity contribution is -0.125. The van der Waals surface area contributed by atoms with E-state index in [4.69, 9.17) is 4.74 Å². The third-order valence-electron chi connectivity index (χ3n) is 6.00. The van der Waals surface area contributed by atoms with Crippen LogP contribution in [-0.4, -0.2) is 81.5 Å². The third kappa shape index (κ3) is 8.22. The van der Waals surface area contributed by atoms with Crippen molar-refractivity contribution in [3.8, 4) is 0 Å². The molecule has 2 N–H and O–H groups in total. The smallest absolute Gasteiger partial charge is 0.410 e. The van der Waals surface area contributed by atoms with Crippen LogP contribution in [0.1, 0.15) is 38.2 Å². The van der Waals surface area contributed by atoms with Gasteiger partial charge >= 0.3 is 6.09 Å². The van der Waals surface area contributed by atoms with Crippen LogP contribution < -0.4 is 10.9 Å². The van der Waals surface area contributed by atoms with E-state index in [0.29, 0.717) is 29.4 Å². The van der Waals surface area contributed by atoms with Crippen molar-refractivity contribution < 1.29 is 23.5 Å². The van der Waals surface area contributed by atoms with Crippen molar-refractivity contribution in [2.24, 2.45) is 5.92 Å². The Balaban J connectivity index is 1.80. The highest BCUT2D eigenvalue weighted by Gasteiger charge is 2.24. The molecule has 12 nitrogen and oxygen atoms in total. The highest BCUT2D eigenvalue weighted by molar-refractivity contribution is 5.95. The molecular formula is C28H36FN7O5. The van der Waals surface area contributed by atoms with Gasteiger partial charge in [-0.2, -0.15) is 0 Å². The molecule has 3 amide bonds. The number of nitrogens with one attached hydrogen (secondary N) is 2. The van der Waals surface area contributed by atoms with E-state index in [0.717, 1.165) is 6.20 Å². The normalized spacial score (nSPS) is 12.1. The van der Waals surface area contributed by atoms with Crippen LogP contribution in [0.3, 0.4) is 0 Å². The zero-order valence-corrected chi connectivity index (χ0v) is 24.1. The summed E-state index contributed by atoms with van der Waals surface area (Å²) >= 11 is 0. The number of allylic oxidation sites excluding steroid dienone is 1. The molecule has 0 radical (unpaired) electrons. The van der Waals surface area contributed by atoms with Crippen molar-refractivity contribution in [1.82, 2.24) is 29.3 Å². The van der Waals surface area contributed by atoms with E-state index in [2.05, 4.69) is 20.3 Å². The van der Waals surface area contributed by atoms with Gasteiger partial charge in [0.1, 0.15) is 17.0 Å². The van der Waals surface area contributed by atoms with Crippen molar-refractivity contribution in [2.75, 3.05) is 33.5 Å². The van der Waals surface area contributed by atoms with Crippen LogP contribution in [0.5, 0.6) is 0 Å². The molecular weight excluding hydrogens is 533 g/mol. The second-order valence-corrected chi connectivity index (χ2v) is 10.4. The lowest BCUT2D eigenvalue weighted by atomic mass is 10.1. The predicted octanol–water partition coefficient (Wildman–Crippen LogP) is 2.94. The minimum absolute atomic E-state index is 0.0124. The number of ether oxygens (including phenoxy) is 1. The summed E-state index contributed by atoms with van der Waals surface area (Å²) < 4.78 is 21.1. The fraction of sp³-hybridized carbons (Fsp3) is 0.429. The van der Waals surface area contributed by atoms with Crippen molar-refractivity contribution in [2.45, 2.75) is 45.8 Å². The number of aromatic amines is 1. The number of likely N-dealkylation sites (N-methyl/N-ethyl adjacent to an activating group) is 1. The quantitative estimate of drug-likeness (QED) is 0.338. The summed E-state index contributed by atoms with van der Waals surface area (Å²) in [6.45, 7) is 4.05. The van der Waals surface area contributed by atoms with E-state index in [1.807, 2.05) is 13.8 Å². The number of halogens is 1. The molecule has 13 heteroatoms. The molecule has 0 saturated carbocycles. The first kappa shape index (κ1) is 31.0. The molecule has 0 spiro atoms. The van der Waals surface area contributed by atoms with Crippen LogP contribution in [0.25, 0.3) is 11.0 Å². The number of hydrogen-bond donors (Lipinski definition) is 2. The number of pyridine rings is 2. The summed E-state index contributed by atoms with van der Waals surface area (Å²) in [6, 6.07) is 3.00. The van der Waals surface area contributed by atoms with Gasteiger partial charge in [0.2, 0.25) is 5.91 Å². The number of aromatic nitrogens is 4. The largest absolute Gasteiger partial charge is 0.436 e. The van der Waals surface area contributed by atoms with E-state index in [9.17, 15) is 23.6 Å². The zero-order chi connectivity index (χ0) is 30.3. The van der Waals surface area contributed by atoms with Gasteiger partial charge in [-0.3, -0.25) is 19.4 Å². The molecule has 0 aliphatic carbocycles. The third-order valence-corrected chi connectivity index (χ3v) is 6.00. The van der Waals surface area contributed by atoms with Crippen molar-refractivity contribution >= 4 is 34.6 Å². The molecule has 41 heavy (non-hydrogen) atoms. The summed E-state index contributed by atoms with van der Waals surface area (Å²) in [7, 11) is 6.19. The van der Waals surface area contributed by atoms with Gasteiger partial charge in [0.25, 0.3) is 11.5 Å². The number of fused-ring (bicyclic) bond motifs is 1. The fourth-order valence-corrected chi connectivity index (χ4v) is 3.86. The van der Waals surface area contributed by atoms with Gasteiger partial charge < -0.3 is 29.4 Å². The fourth-order valence-electron chi connectivity index (χ4n) is 3.86. The Kier molecular flexibility index (Phi) is 10.3. The highest BCUT2D eigenvalue weighted by Crippen LogP contribution is 2.20. The van der Waals surface area contributed by atoms with Crippen LogP contribution in [0, 0.1) is 11.7 Å². The van der Waals surface area contributed by atoms with Crippen molar-refractivity contribution in [1.29, 1.82) is 0 Å². The van der Waals surface area contributed by atoms with E-state index in [-0.39, 0.29) is 36.5 Å². The lowest BCUT2D eigenvalue weighted by Gasteiger charge is -2.19. The predicted molar refractivity (Wildman–Crippen MR) is 152 cm³/mol. The molecule has 0 bridgehead atoms. The minimum Gasteiger partial charge on any atom is -0.436 e. The Morgan fingerprint density at radius 2 is 1.93 bits per heavy atom. The van der Waals surface area contributed by atoms with Gasteiger partial charge in [-0.15, -0.1) is 0 Å². The van der Waals surface area contributed by atoms with E-state index >= 15 is 0 Å². The summed E-state index contributed by atoms with van der Waals surface area (Å²) in [6.07, 6.45) is 4.64. The monoisotopic (exact) mass is 569 g/mol. The maximum absolute atomic E-state index is 14.4. The van der Waals surface area contributed by atoms with E-state index in [1.54, 1.807) is 26.2 Å². The van der Waals surface area contributed by atoms with Gasteiger partial charge in [0, 0.05) is 34.4 Å². The Bertz CT molecular complexity index is 1490. The summed E-state index contributed by atoms with van der Waals surface area (Å²) in [5.74, 6) is -0.844. The van der Waals surface area contributed by atoms with Crippen LogP contribution in [0.2, 0.25) is 0 Å². The molecule has 3 aromatic rings. The molecule has 0 aliphatic rings. The lowest BCUT2D eigenvalue weighted by Crippen LogP contribution is -2.37. The second-order valence-electron chi connectivity index (χ2n) is 10.4. The standard InChI is InChI=1S/C28H36FN7O5/c1-17(2)14-20-25-24(18(29)15-30-20)32-22(33-25)16-36-13-9-10-19(27(36)39)31-26(38)21(41-28(40)35(5)6)11-7-8-12-23(37)34(3)4/h8-10,12-13,15,17,21H,7,11,14,16H2,1-6H3,(H,31,38)(H,32,33)/b12-8+/t21-/m0/s1. The second kappa shape index (κ2) is 13.7. The molecule has 3 aromatic heterocycles. The average Bonchev–Trinajstić information content (AvgIpc) is 3.34. The number of rotatable bonds is 11. The Morgan fingerprint density at radius 3 is 2.59 bits per heavy atom. The van der Waals surface area contributed by atoms with E-state index < -0.39 is 29.5 Å². The highest BCUT2D eigenvalue weighted by atomic mass is 19.1. The number of hydrogen-bond acceptors (Lipinski definition) is 7. The van der Waals surface area contributed by atoms with Gasteiger partial charge in [0.05, 0.1) is 24.0 Å². The zero-order valence-electron chi connectivity index (χ0n) is 24.1. The first-order valence-electron chi connectivity index (χ1n) is 13.1. The number of anilines is 1. The van der Waals surface area contributed by atoms with Gasteiger partial charge in [0.15, 0.2) is 11.9 Å². The van der Waals surface area contributed by atoms with Crippen LogP contribution in [-0.2, 0) is 27.3 Å². The molecule has 0 aliphatic heterocycles. The number of carbonyl (C=O) groups is 3. The molecule has 0 aromatic carbocycles. The Hall–Kier alpha value is -4.55. The number of imidazole rings is 1. The van der Waals surface area contributed by atoms with Gasteiger partial charge in [-0.05, 0) is 43.4 Å². The Labute approximate surface area is 237 Å². The SMILES string of the molecule is CC(C)Cc1ncc(F)c2nc(Cn3cccc(NC(=O)[C@H](CC/C=C/C(=O)N(C)C)OC(=O)N(C)C)c3=O)[nH]c12. The Morgan fingerprint density at radius 1 is 1.20 bits per heavy atom. The molecule has 220 valence electrons. The molecule has 0 fully saturated rings. The topological polar surface area (TPSA) is 143 Å². The van der Waals surface area contributed by atoms with Gasteiger partial charge in [-0.1, -0.05) is 19.9 Å². The first-order chi connectivity index (χ1) is 19.4. The summed E-state index contributed by atoms with van der Waals surface area (Å²) in [5, 5.41) is 2.55.